The zero-order valence-electron chi connectivity index (χ0n) is 46.1. The van der Waals surface area contributed by atoms with Gasteiger partial charge in [-0.05, 0) is 77.0 Å². The molecule has 0 rings (SSSR count). The number of carboxylic acid groups (broad SMARTS) is 1. The van der Waals surface area contributed by atoms with E-state index in [2.05, 4.69) is 74.6 Å². The van der Waals surface area contributed by atoms with Crippen molar-refractivity contribution in [2.75, 3.05) is 47.5 Å². The first-order chi connectivity index (χ1) is 34.1. The molecule has 70 heavy (non-hydrogen) atoms. The maximum Gasteiger partial charge on any atom is 0.306 e. The summed E-state index contributed by atoms with van der Waals surface area (Å²) in [5.41, 5.74) is 0. The van der Waals surface area contributed by atoms with E-state index in [1.807, 2.05) is 21.1 Å². The van der Waals surface area contributed by atoms with Gasteiger partial charge in [-0.15, -0.1) is 0 Å². The molecule has 9 heteroatoms. The van der Waals surface area contributed by atoms with Gasteiger partial charge in [0.1, 0.15) is 13.2 Å². The number of likely N-dealkylation sites (N-methyl/N-ethyl adjacent to an activating group) is 1. The van der Waals surface area contributed by atoms with Crippen LogP contribution < -0.4 is 5.11 Å². The van der Waals surface area contributed by atoms with Crippen LogP contribution in [0.4, 0.5) is 0 Å². The number of quaternary nitrogens is 1. The second-order valence-electron chi connectivity index (χ2n) is 20.5. The maximum atomic E-state index is 12.9. The lowest BCUT2D eigenvalue weighted by Gasteiger charge is -2.26. The van der Waals surface area contributed by atoms with Gasteiger partial charge >= 0.3 is 11.9 Å². The van der Waals surface area contributed by atoms with Gasteiger partial charge in [0.15, 0.2) is 12.4 Å². The molecule has 0 heterocycles. The molecule has 0 aliphatic carbocycles. The third kappa shape index (κ3) is 52.8. The number of aliphatic carboxylic acids is 1. The van der Waals surface area contributed by atoms with E-state index in [9.17, 15) is 19.5 Å². The minimum absolute atomic E-state index is 0.146. The Morgan fingerprint density at radius 3 is 1.23 bits per heavy atom. The lowest BCUT2D eigenvalue weighted by atomic mass is 10.0. The summed E-state index contributed by atoms with van der Waals surface area (Å²) in [6.07, 6.45) is 62.8. The summed E-state index contributed by atoms with van der Waals surface area (Å²) in [5.74, 6) is -2.29. The van der Waals surface area contributed by atoms with Crippen LogP contribution in [0.1, 0.15) is 251 Å². The van der Waals surface area contributed by atoms with Gasteiger partial charge in [-0.2, -0.15) is 0 Å². The number of nitrogens with zero attached hydrogens (tertiary/aromatic N) is 1. The number of allylic oxidation sites excluding steroid dienone is 10. The van der Waals surface area contributed by atoms with Crippen LogP contribution in [0.25, 0.3) is 0 Å². The van der Waals surface area contributed by atoms with Gasteiger partial charge in [0, 0.05) is 12.8 Å². The molecule has 0 aromatic heterocycles. The molecular formula is C61H109NO8. The van der Waals surface area contributed by atoms with E-state index in [4.69, 9.17) is 18.9 Å². The smallest absolute Gasteiger partial charge is 0.306 e. The molecule has 0 spiro atoms. The molecule has 0 saturated heterocycles. The van der Waals surface area contributed by atoms with Gasteiger partial charge < -0.3 is 33.3 Å². The van der Waals surface area contributed by atoms with Crippen molar-refractivity contribution >= 4 is 17.9 Å². The lowest BCUT2D eigenvalue weighted by Crippen LogP contribution is -2.44. The number of hydrogen-bond donors (Lipinski definition) is 0. The number of ether oxygens (including phenoxy) is 4. The van der Waals surface area contributed by atoms with Crippen molar-refractivity contribution in [2.45, 2.75) is 264 Å². The van der Waals surface area contributed by atoms with Crippen LogP contribution in [-0.2, 0) is 33.3 Å². The fourth-order valence-electron chi connectivity index (χ4n) is 8.05. The predicted molar refractivity (Wildman–Crippen MR) is 292 cm³/mol. The molecule has 0 amide bonds. The number of unbranched alkanes of at least 4 members (excludes halogenated alkanes) is 28. The summed E-state index contributed by atoms with van der Waals surface area (Å²) in [4.78, 5) is 37.2. The highest BCUT2D eigenvalue weighted by Crippen LogP contribution is 2.16. The predicted octanol–water partition coefficient (Wildman–Crippen LogP) is 15.5. The van der Waals surface area contributed by atoms with Gasteiger partial charge in [0.05, 0.1) is 40.3 Å². The SMILES string of the molecule is CC/C=C\C/C=C\C/C=C\C/C=C\CCCCCCCCCCCCCCCCCCCCC(=O)OC(COC(=O)CCCCCCC/C=C\CCCCCCC)COC(OCC[N+](C)(C)C)C(=O)[O-]. The number of rotatable bonds is 53. The normalized spacial score (nSPS) is 13.2. The molecular weight excluding hydrogens is 875 g/mol. The van der Waals surface area contributed by atoms with Gasteiger partial charge in [0.2, 0.25) is 0 Å². The molecule has 0 bridgehead atoms. The third-order valence-electron chi connectivity index (χ3n) is 12.5. The second kappa shape index (κ2) is 52.3. The number of carbonyl (C=O) groups excluding carboxylic acids is 3. The Bertz CT molecular complexity index is 1330. The van der Waals surface area contributed by atoms with E-state index >= 15 is 0 Å². The fourth-order valence-corrected chi connectivity index (χ4v) is 8.05. The summed E-state index contributed by atoms with van der Waals surface area (Å²) < 4.78 is 22.7. The van der Waals surface area contributed by atoms with Crippen molar-refractivity contribution in [1.82, 2.24) is 0 Å². The Balaban J connectivity index is 4.12. The van der Waals surface area contributed by atoms with Gasteiger partial charge in [-0.25, -0.2) is 0 Å². The summed E-state index contributed by atoms with van der Waals surface area (Å²) in [5, 5.41) is 11.8. The van der Waals surface area contributed by atoms with E-state index < -0.39 is 24.3 Å². The van der Waals surface area contributed by atoms with E-state index in [0.29, 0.717) is 17.4 Å². The van der Waals surface area contributed by atoms with Crippen LogP contribution in [0.5, 0.6) is 0 Å². The topological polar surface area (TPSA) is 111 Å². The molecule has 0 aromatic rings. The van der Waals surface area contributed by atoms with Crippen LogP contribution in [-0.4, -0.2) is 82.3 Å². The number of carboxylic acids is 1. The lowest BCUT2D eigenvalue weighted by molar-refractivity contribution is -0.870. The second-order valence-corrected chi connectivity index (χ2v) is 20.5. The summed E-state index contributed by atoms with van der Waals surface area (Å²) in [6.45, 7) is 4.63. The van der Waals surface area contributed by atoms with E-state index in [-0.39, 0.29) is 38.6 Å². The molecule has 2 atom stereocenters. The Morgan fingerprint density at radius 2 is 0.814 bits per heavy atom. The average molecular weight is 985 g/mol. The average Bonchev–Trinajstić information content (AvgIpc) is 3.33. The number of esters is 2. The zero-order valence-corrected chi connectivity index (χ0v) is 46.1. The highest BCUT2D eigenvalue weighted by atomic mass is 16.7. The summed E-state index contributed by atoms with van der Waals surface area (Å²) in [7, 11) is 5.92. The Kier molecular flexibility index (Phi) is 50.1. The summed E-state index contributed by atoms with van der Waals surface area (Å²) >= 11 is 0. The van der Waals surface area contributed by atoms with Crippen molar-refractivity contribution in [1.29, 1.82) is 0 Å². The van der Waals surface area contributed by atoms with Crippen molar-refractivity contribution in [3.63, 3.8) is 0 Å². The minimum atomic E-state index is -1.62. The zero-order chi connectivity index (χ0) is 51.3. The largest absolute Gasteiger partial charge is 0.545 e. The van der Waals surface area contributed by atoms with Crippen LogP contribution in [0.2, 0.25) is 0 Å². The van der Waals surface area contributed by atoms with Crippen molar-refractivity contribution in [2.24, 2.45) is 0 Å². The standard InChI is InChI=1S/C61H109NO8/c1-6-8-10-12-14-16-18-20-22-23-24-25-26-27-28-29-30-31-32-33-34-35-36-37-38-40-42-44-46-48-50-52-59(64)70-57(56-69-61(60(65)66)67-54-53-62(3,4)5)55-68-58(63)51-49-47-45-43-41-39-21-19-17-15-13-11-9-7-2/h8,10,14,16,19-22,24-25,57,61H,6-7,9,11-13,15,17-18,23,26-56H2,1-5H3/b10-8-,16-14-,21-19-,22-20-,25-24-. The van der Waals surface area contributed by atoms with Crippen molar-refractivity contribution in [3.05, 3.63) is 60.8 Å². The molecule has 2 unspecified atom stereocenters. The monoisotopic (exact) mass is 984 g/mol. The Morgan fingerprint density at radius 1 is 0.443 bits per heavy atom. The minimum Gasteiger partial charge on any atom is -0.545 e. The third-order valence-corrected chi connectivity index (χ3v) is 12.5. The molecule has 0 fully saturated rings. The van der Waals surface area contributed by atoms with Gasteiger partial charge in [0.25, 0.3) is 0 Å². The van der Waals surface area contributed by atoms with Crippen LogP contribution >= 0.6 is 0 Å². The van der Waals surface area contributed by atoms with E-state index in [1.165, 1.54) is 141 Å². The van der Waals surface area contributed by atoms with E-state index in [1.54, 1.807) is 0 Å². The Labute approximate surface area is 431 Å². The Hall–Kier alpha value is -3.01. The first-order valence-electron chi connectivity index (χ1n) is 28.9. The van der Waals surface area contributed by atoms with E-state index in [0.717, 1.165) is 77.0 Å². The quantitative estimate of drug-likeness (QED) is 0.0195. The van der Waals surface area contributed by atoms with Crippen LogP contribution in [0.15, 0.2) is 60.8 Å². The molecule has 0 N–H and O–H groups in total. The molecule has 0 aliphatic rings. The fraction of sp³-hybridized carbons (Fsp3) is 0.787. The number of hydrogen-bond acceptors (Lipinski definition) is 8. The molecule has 406 valence electrons. The summed E-state index contributed by atoms with van der Waals surface area (Å²) in [6, 6.07) is 0. The molecule has 0 aromatic carbocycles. The highest BCUT2D eigenvalue weighted by Gasteiger charge is 2.22. The first kappa shape index (κ1) is 67.0. The van der Waals surface area contributed by atoms with Crippen molar-refractivity contribution < 1.29 is 42.9 Å². The maximum absolute atomic E-state index is 12.9. The van der Waals surface area contributed by atoms with Crippen molar-refractivity contribution in [3.8, 4) is 0 Å². The molecule has 0 radical (unpaired) electrons. The highest BCUT2D eigenvalue weighted by molar-refractivity contribution is 5.70. The number of carbonyl (C=O) groups is 3. The van der Waals surface area contributed by atoms with Gasteiger partial charge in [-0.3, -0.25) is 9.59 Å². The molecule has 9 nitrogen and oxygen atoms in total. The first-order valence-corrected chi connectivity index (χ1v) is 28.9. The van der Waals surface area contributed by atoms with Crippen LogP contribution in [0.3, 0.4) is 0 Å². The molecule has 0 aliphatic heterocycles. The van der Waals surface area contributed by atoms with Gasteiger partial charge in [-0.1, -0.05) is 222 Å². The molecule has 0 saturated carbocycles. The van der Waals surface area contributed by atoms with Crippen LogP contribution in [0, 0.1) is 0 Å².